The van der Waals surface area contributed by atoms with Gasteiger partial charge in [-0.1, -0.05) is 44.5 Å². The van der Waals surface area contributed by atoms with Crippen LogP contribution in [0, 0.1) is 24.1 Å². The van der Waals surface area contributed by atoms with E-state index in [1.807, 2.05) is 31.2 Å². The average Bonchev–Trinajstić information content (AvgIpc) is 3.26. The molecule has 1 aromatic heterocycles. The standard InChI is InChI=1S/C34H38FNO3/c1-21-16-27(31(35)19-36-21)25-11-8-22(17-26(25)28-7-5-13-33(28,2)3)20-39-24-10-9-23-6-4-14-34(30(23)18-24)15-12-29(34)32(37)38/h8-11,16-19,28-29H,4-7,12-15,20H2,1-3H3,(H,37,38)/t28-,29+,34-/m0/s1. The zero-order chi connectivity index (χ0) is 27.4. The first-order chi connectivity index (χ1) is 18.7. The number of carboxylic acids is 1. The van der Waals surface area contributed by atoms with Crippen molar-refractivity contribution in [2.75, 3.05) is 0 Å². The topological polar surface area (TPSA) is 59.4 Å². The fraction of sp³-hybridized carbons (Fsp3) is 0.471. The Bertz CT molecular complexity index is 1430. The fourth-order valence-electron chi connectivity index (χ4n) is 7.73. The molecule has 3 aliphatic rings. The summed E-state index contributed by atoms with van der Waals surface area (Å²) in [6.07, 6.45) is 9.41. The zero-order valence-corrected chi connectivity index (χ0v) is 23.2. The van der Waals surface area contributed by atoms with Gasteiger partial charge in [-0.25, -0.2) is 4.39 Å². The monoisotopic (exact) mass is 527 g/mol. The third-order valence-electron chi connectivity index (χ3n) is 9.97. The maximum Gasteiger partial charge on any atom is 0.307 e. The van der Waals surface area contributed by atoms with Crippen molar-refractivity contribution in [3.8, 4) is 16.9 Å². The Morgan fingerprint density at radius 3 is 2.62 bits per heavy atom. The van der Waals surface area contributed by atoms with Crippen LogP contribution in [-0.2, 0) is 23.2 Å². The van der Waals surface area contributed by atoms with Gasteiger partial charge in [0, 0.05) is 16.7 Å². The highest BCUT2D eigenvalue weighted by molar-refractivity contribution is 5.75. The number of carboxylic acid groups (broad SMARTS) is 1. The van der Waals surface area contributed by atoms with Crippen LogP contribution in [0.4, 0.5) is 4.39 Å². The van der Waals surface area contributed by atoms with Gasteiger partial charge >= 0.3 is 5.97 Å². The second kappa shape index (κ2) is 9.76. The molecule has 2 saturated carbocycles. The molecule has 0 unspecified atom stereocenters. The van der Waals surface area contributed by atoms with Crippen LogP contribution < -0.4 is 4.74 Å². The highest BCUT2D eigenvalue weighted by atomic mass is 19.1. The van der Waals surface area contributed by atoms with Crippen molar-refractivity contribution in [1.29, 1.82) is 0 Å². The van der Waals surface area contributed by atoms with Crippen molar-refractivity contribution in [2.24, 2.45) is 11.3 Å². The Hall–Kier alpha value is -3.21. The van der Waals surface area contributed by atoms with E-state index in [4.69, 9.17) is 4.74 Å². The van der Waals surface area contributed by atoms with Gasteiger partial charge in [-0.15, -0.1) is 0 Å². The number of aromatic nitrogens is 1. The predicted molar refractivity (Wildman–Crippen MR) is 150 cm³/mol. The van der Waals surface area contributed by atoms with Crippen molar-refractivity contribution in [2.45, 2.75) is 90.1 Å². The van der Waals surface area contributed by atoms with E-state index < -0.39 is 5.97 Å². The quantitative estimate of drug-likeness (QED) is 0.351. The number of pyridine rings is 1. The molecule has 0 radical (unpaired) electrons. The smallest absolute Gasteiger partial charge is 0.307 e. The van der Waals surface area contributed by atoms with E-state index in [-0.39, 0.29) is 22.6 Å². The van der Waals surface area contributed by atoms with Gasteiger partial charge in [0.05, 0.1) is 12.1 Å². The largest absolute Gasteiger partial charge is 0.489 e. The Morgan fingerprint density at radius 2 is 1.90 bits per heavy atom. The number of halogens is 1. The van der Waals surface area contributed by atoms with Gasteiger partial charge in [0.15, 0.2) is 0 Å². The maximum absolute atomic E-state index is 15.0. The molecule has 2 fully saturated rings. The lowest BCUT2D eigenvalue weighted by Crippen LogP contribution is -2.50. The van der Waals surface area contributed by atoms with Gasteiger partial charge in [0.1, 0.15) is 18.2 Å². The first-order valence-corrected chi connectivity index (χ1v) is 14.4. The van der Waals surface area contributed by atoms with Crippen molar-refractivity contribution >= 4 is 5.97 Å². The highest BCUT2D eigenvalue weighted by Crippen LogP contribution is 2.56. The van der Waals surface area contributed by atoms with E-state index in [1.165, 1.54) is 29.3 Å². The number of fused-ring (bicyclic) bond motifs is 2. The van der Waals surface area contributed by atoms with Gasteiger partial charge < -0.3 is 9.84 Å². The summed E-state index contributed by atoms with van der Waals surface area (Å²) in [7, 11) is 0. The van der Waals surface area contributed by atoms with Crippen LogP contribution >= 0.6 is 0 Å². The molecule has 6 rings (SSSR count). The van der Waals surface area contributed by atoms with Crippen molar-refractivity contribution in [1.82, 2.24) is 4.98 Å². The molecule has 3 atom stereocenters. The maximum atomic E-state index is 15.0. The van der Waals surface area contributed by atoms with Gasteiger partial charge in [0.25, 0.3) is 0 Å². The number of hydrogen-bond acceptors (Lipinski definition) is 3. The minimum absolute atomic E-state index is 0.142. The Morgan fingerprint density at radius 1 is 1.05 bits per heavy atom. The van der Waals surface area contributed by atoms with E-state index in [0.717, 1.165) is 67.5 Å². The van der Waals surface area contributed by atoms with Crippen LogP contribution in [-0.4, -0.2) is 16.1 Å². The second-order valence-electron chi connectivity index (χ2n) is 12.7. The average molecular weight is 528 g/mol. The van der Waals surface area contributed by atoms with Gasteiger partial charge in [-0.05, 0) is 109 Å². The van der Waals surface area contributed by atoms with E-state index in [0.29, 0.717) is 18.1 Å². The van der Waals surface area contributed by atoms with E-state index in [1.54, 1.807) is 0 Å². The van der Waals surface area contributed by atoms with Crippen LogP contribution in [0.2, 0.25) is 0 Å². The first kappa shape index (κ1) is 26.0. The number of ether oxygens (including phenoxy) is 1. The molecule has 0 bridgehead atoms. The molecule has 5 heteroatoms. The molecule has 0 amide bonds. The number of rotatable bonds is 6. The molecular formula is C34H38FNO3. The number of aryl methyl sites for hydroxylation is 2. The van der Waals surface area contributed by atoms with Crippen LogP contribution in [0.25, 0.3) is 11.1 Å². The summed E-state index contributed by atoms with van der Waals surface area (Å²) in [5.74, 6) is -0.137. The second-order valence-corrected chi connectivity index (χ2v) is 12.7. The predicted octanol–water partition coefficient (Wildman–Crippen LogP) is 8.14. The summed E-state index contributed by atoms with van der Waals surface area (Å²) in [4.78, 5) is 16.1. The van der Waals surface area contributed by atoms with Crippen LogP contribution in [0.1, 0.15) is 92.7 Å². The molecule has 2 aromatic carbocycles. The van der Waals surface area contributed by atoms with Crippen molar-refractivity contribution in [3.63, 3.8) is 0 Å². The minimum Gasteiger partial charge on any atom is -0.489 e. The fourth-order valence-corrected chi connectivity index (χ4v) is 7.73. The summed E-state index contributed by atoms with van der Waals surface area (Å²) in [5, 5.41) is 9.83. The molecule has 0 saturated heterocycles. The van der Waals surface area contributed by atoms with Crippen molar-refractivity contribution < 1.29 is 19.0 Å². The molecule has 1 heterocycles. The number of benzene rings is 2. The molecule has 1 N–H and O–H groups in total. The molecular weight excluding hydrogens is 489 g/mol. The highest BCUT2D eigenvalue weighted by Gasteiger charge is 2.53. The number of nitrogens with zero attached hydrogens (tertiary/aromatic N) is 1. The van der Waals surface area contributed by atoms with Crippen LogP contribution in [0.15, 0.2) is 48.7 Å². The Balaban J connectivity index is 1.31. The molecule has 39 heavy (non-hydrogen) atoms. The van der Waals surface area contributed by atoms with Crippen LogP contribution in [0.5, 0.6) is 5.75 Å². The number of carbonyl (C=O) groups is 1. The van der Waals surface area contributed by atoms with E-state index in [2.05, 4.69) is 37.0 Å². The Kier molecular flexibility index (Phi) is 6.52. The first-order valence-electron chi connectivity index (χ1n) is 14.4. The number of hydrogen-bond donors (Lipinski definition) is 1. The van der Waals surface area contributed by atoms with E-state index >= 15 is 0 Å². The summed E-state index contributed by atoms with van der Waals surface area (Å²) < 4.78 is 21.3. The molecule has 3 aromatic rings. The number of aliphatic carboxylic acids is 1. The van der Waals surface area contributed by atoms with Crippen LogP contribution in [0.3, 0.4) is 0 Å². The van der Waals surface area contributed by atoms with Gasteiger partial charge in [0.2, 0.25) is 0 Å². The summed E-state index contributed by atoms with van der Waals surface area (Å²) in [5.41, 5.74) is 6.95. The Labute approximate surface area is 230 Å². The lowest BCUT2D eigenvalue weighted by atomic mass is 9.52. The van der Waals surface area contributed by atoms with Gasteiger partial charge in [-0.2, -0.15) is 0 Å². The molecule has 0 aliphatic heterocycles. The zero-order valence-electron chi connectivity index (χ0n) is 23.2. The SMILES string of the molecule is Cc1cc(-c2ccc(COc3ccc4c(c3)[C@@]3(CCC4)CC[C@@H]3C(=O)O)cc2[C@@H]2CCCC2(C)C)c(F)cn1. The normalized spacial score (nSPS) is 25.2. The summed E-state index contributed by atoms with van der Waals surface area (Å²) in [6.45, 7) is 6.95. The van der Waals surface area contributed by atoms with Gasteiger partial charge in [-0.3, -0.25) is 9.78 Å². The van der Waals surface area contributed by atoms with E-state index in [9.17, 15) is 14.3 Å². The third-order valence-corrected chi connectivity index (χ3v) is 9.97. The molecule has 204 valence electrons. The molecule has 4 nitrogen and oxygen atoms in total. The summed E-state index contributed by atoms with van der Waals surface area (Å²) in [6, 6.07) is 14.4. The van der Waals surface area contributed by atoms with Crippen molar-refractivity contribution in [3.05, 3.63) is 82.4 Å². The molecule has 1 spiro atoms. The summed E-state index contributed by atoms with van der Waals surface area (Å²) >= 11 is 0. The lowest BCUT2D eigenvalue weighted by molar-refractivity contribution is -0.150. The third kappa shape index (κ3) is 4.54. The minimum atomic E-state index is -0.677. The lowest BCUT2D eigenvalue weighted by Gasteiger charge is -2.51. The molecule has 3 aliphatic carbocycles.